The van der Waals surface area contributed by atoms with E-state index in [0.717, 1.165) is 17.8 Å². The molecule has 1 amide bonds. The van der Waals surface area contributed by atoms with Crippen LogP contribution in [0.4, 0.5) is 0 Å². The van der Waals surface area contributed by atoms with Gasteiger partial charge in [0.2, 0.25) is 5.91 Å². The van der Waals surface area contributed by atoms with E-state index < -0.39 is 5.97 Å². The number of carboxylic acid groups (broad SMARTS) is 1. The number of aryl methyl sites for hydroxylation is 2. The summed E-state index contributed by atoms with van der Waals surface area (Å²) in [6, 6.07) is 4.89. The van der Waals surface area contributed by atoms with Crippen molar-refractivity contribution in [3.05, 3.63) is 29.6 Å². The molecule has 0 aliphatic heterocycles. The monoisotopic (exact) mass is 289 g/mol. The molecule has 2 aromatic rings. The second kappa shape index (κ2) is 5.95. The average molecular weight is 289 g/mol. The number of rotatable bonds is 5. The molecule has 21 heavy (non-hydrogen) atoms. The van der Waals surface area contributed by atoms with Crippen molar-refractivity contribution in [3.8, 4) is 0 Å². The lowest BCUT2D eigenvalue weighted by molar-refractivity contribution is -0.128. The zero-order chi connectivity index (χ0) is 15.6. The second-order valence-electron chi connectivity index (χ2n) is 5.08. The molecule has 0 aliphatic carbocycles. The Labute approximate surface area is 123 Å². The van der Waals surface area contributed by atoms with E-state index in [0.29, 0.717) is 18.5 Å². The molecule has 0 aliphatic rings. The number of hydrogen-bond acceptors (Lipinski definition) is 3. The summed E-state index contributed by atoms with van der Waals surface area (Å²) in [7, 11) is 3.46. The first-order valence-corrected chi connectivity index (χ1v) is 6.86. The van der Waals surface area contributed by atoms with Crippen molar-refractivity contribution >= 4 is 22.9 Å². The summed E-state index contributed by atoms with van der Waals surface area (Å²) < 4.78 is 1.99. The number of carbonyl (C=O) groups excluding carboxylic acids is 1. The van der Waals surface area contributed by atoms with Crippen LogP contribution in [-0.2, 0) is 17.8 Å². The largest absolute Gasteiger partial charge is 0.478 e. The predicted molar refractivity (Wildman–Crippen MR) is 79.4 cm³/mol. The summed E-state index contributed by atoms with van der Waals surface area (Å²) in [5, 5.41) is 9.03. The maximum absolute atomic E-state index is 11.7. The highest BCUT2D eigenvalue weighted by Crippen LogP contribution is 2.19. The SMILES string of the molecule is CCc1nc2cc(C(=O)O)ccc2n1CCC(=O)N(C)C. The molecule has 0 unspecified atom stereocenters. The van der Waals surface area contributed by atoms with Gasteiger partial charge >= 0.3 is 5.97 Å². The standard InChI is InChI=1S/C15H19N3O3/c1-4-13-16-11-9-10(15(20)21)5-6-12(11)18(13)8-7-14(19)17(2)3/h5-6,9H,4,7-8H2,1-3H3,(H,20,21). The number of benzene rings is 1. The lowest BCUT2D eigenvalue weighted by Crippen LogP contribution is -2.23. The van der Waals surface area contributed by atoms with Crippen molar-refractivity contribution in [2.45, 2.75) is 26.3 Å². The Morgan fingerprint density at radius 1 is 1.33 bits per heavy atom. The van der Waals surface area contributed by atoms with Crippen LogP contribution in [0.25, 0.3) is 11.0 Å². The number of carboxylic acids is 1. The van der Waals surface area contributed by atoms with Crippen molar-refractivity contribution < 1.29 is 14.7 Å². The van der Waals surface area contributed by atoms with E-state index in [4.69, 9.17) is 5.11 Å². The van der Waals surface area contributed by atoms with Crippen LogP contribution in [0.3, 0.4) is 0 Å². The Morgan fingerprint density at radius 2 is 2.05 bits per heavy atom. The van der Waals surface area contributed by atoms with Crippen molar-refractivity contribution in [2.75, 3.05) is 14.1 Å². The molecule has 1 aromatic carbocycles. The lowest BCUT2D eigenvalue weighted by Gasteiger charge is -2.12. The Hall–Kier alpha value is -2.37. The molecular weight excluding hydrogens is 270 g/mol. The highest BCUT2D eigenvalue weighted by molar-refractivity contribution is 5.92. The number of carbonyl (C=O) groups is 2. The summed E-state index contributed by atoms with van der Waals surface area (Å²) in [5.41, 5.74) is 1.74. The van der Waals surface area contributed by atoms with E-state index in [1.165, 1.54) is 0 Å². The third-order valence-corrected chi connectivity index (χ3v) is 3.44. The van der Waals surface area contributed by atoms with E-state index in [1.54, 1.807) is 37.2 Å². The Balaban J connectivity index is 2.37. The Kier molecular flexibility index (Phi) is 4.26. The van der Waals surface area contributed by atoms with E-state index in [9.17, 15) is 9.59 Å². The third kappa shape index (κ3) is 3.04. The van der Waals surface area contributed by atoms with Gasteiger partial charge in [-0.2, -0.15) is 0 Å². The Morgan fingerprint density at radius 3 is 2.62 bits per heavy atom. The fourth-order valence-corrected chi connectivity index (χ4v) is 2.26. The van der Waals surface area contributed by atoms with Gasteiger partial charge in [0.1, 0.15) is 5.82 Å². The topological polar surface area (TPSA) is 75.4 Å². The van der Waals surface area contributed by atoms with Gasteiger partial charge < -0.3 is 14.6 Å². The molecule has 0 fully saturated rings. The first kappa shape index (κ1) is 15.0. The molecule has 0 spiro atoms. The van der Waals surface area contributed by atoms with Crippen molar-refractivity contribution in [1.29, 1.82) is 0 Å². The van der Waals surface area contributed by atoms with Gasteiger partial charge in [-0.1, -0.05) is 6.92 Å². The number of fused-ring (bicyclic) bond motifs is 1. The van der Waals surface area contributed by atoms with E-state index in [1.807, 2.05) is 11.5 Å². The predicted octanol–water partition coefficient (Wildman–Crippen LogP) is 1.78. The van der Waals surface area contributed by atoms with Gasteiger partial charge in [0.15, 0.2) is 0 Å². The van der Waals surface area contributed by atoms with Gasteiger partial charge in [0.05, 0.1) is 16.6 Å². The number of nitrogens with zero attached hydrogens (tertiary/aromatic N) is 3. The average Bonchev–Trinajstić information content (AvgIpc) is 2.81. The van der Waals surface area contributed by atoms with Crippen LogP contribution in [0.15, 0.2) is 18.2 Å². The number of aromatic carboxylic acids is 1. The van der Waals surface area contributed by atoms with Crippen molar-refractivity contribution in [2.24, 2.45) is 0 Å². The zero-order valence-corrected chi connectivity index (χ0v) is 12.5. The number of amides is 1. The molecule has 1 N–H and O–H groups in total. The molecule has 2 rings (SSSR count). The molecule has 0 bridgehead atoms. The molecular formula is C15H19N3O3. The molecule has 6 nitrogen and oxygen atoms in total. The van der Waals surface area contributed by atoms with Crippen LogP contribution in [0.1, 0.15) is 29.5 Å². The van der Waals surface area contributed by atoms with Crippen LogP contribution in [-0.4, -0.2) is 45.5 Å². The third-order valence-electron chi connectivity index (χ3n) is 3.44. The summed E-state index contributed by atoms with van der Waals surface area (Å²) in [4.78, 5) is 28.8. The van der Waals surface area contributed by atoms with Gasteiger partial charge in [-0.3, -0.25) is 4.79 Å². The number of hydrogen-bond donors (Lipinski definition) is 1. The second-order valence-corrected chi connectivity index (χ2v) is 5.08. The summed E-state index contributed by atoms with van der Waals surface area (Å²) in [6.07, 6.45) is 1.12. The Bertz CT molecular complexity index is 689. The molecule has 6 heteroatoms. The first-order valence-electron chi connectivity index (χ1n) is 6.86. The molecule has 0 atom stereocenters. The van der Waals surface area contributed by atoms with Crippen LogP contribution in [0, 0.1) is 0 Å². The fourth-order valence-electron chi connectivity index (χ4n) is 2.26. The molecule has 1 aromatic heterocycles. The summed E-state index contributed by atoms with van der Waals surface area (Å²) in [6.45, 7) is 2.53. The number of imidazole rings is 1. The van der Waals surface area contributed by atoms with Crippen LogP contribution >= 0.6 is 0 Å². The van der Waals surface area contributed by atoms with E-state index in [2.05, 4.69) is 4.98 Å². The quantitative estimate of drug-likeness (QED) is 0.910. The normalized spacial score (nSPS) is 10.8. The molecule has 0 saturated heterocycles. The van der Waals surface area contributed by atoms with Gasteiger partial charge in [0, 0.05) is 33.5 Å². The van der Waals surface area contributed by atoms with Gasteiger partial charge in [-0.15, -0.1) is 0 Å². The van der Waals surface area contributed by atoms with Crippen molar-refractivity contribution in [3.63, 3.8) is 0 Å². The molecule has 112 valence electrons. The fraction of sp³-hybridized carbons (Fsp3) is 0.400. The van der Waals surface area contributed by atoms with Gasteiger partial charge in [-0.05, 0) is 18.2 Å². The first-order chi connectivity index (χ1) is 9.93. The smallest absolute Gasteiger partial charge is 0.335 e. The summed E-state index contributed by atoms with van der Waals surface area (Å²) in [5.74, 6) is -0.0487. The molecule has 1 heterocycles. The lowest BCUT2D eigenvalue weighted by atomic mass is 10.2. The van der Waals surface area contributed by atoms with Crippen LogP contribution in [0.5, 0.6) is 0 Å². The van der Waals surface area contributed by atoms with E-state index >= 15 is 0 Å². The van der Waals surface area contributed by atoms with Crippen LogP contribution in [0.2, 0.25) is 0 Å². The molecule has 0 saturated carbocycles. The molecule has 0 radical (unpaired) electrons. The highest BCUT2D eigenvalue weighted by atomic mass is 16.4. The minimum Gasteiger partial charge on any atom is -0.478 e. The maximum Gasteiger partial charge on any atom is 0.335 e. The zero-order valence-electron chi connectivity index (χ0n) is 12.5. The minimum atomic E-state index is -0.965. The number of aromatic nitrogens is 2. The van der Waals surface area contributed by atoms with Gasteiger partial charge in [0.25, 0.3) is 0 Å². The maximum atomic E-state index is 11.7. The van der Waals surface area contributed by atoms with Crippen molar-refractivity contribution in [1.82, 2.24) is 14.5 Å². The van der Waals surface area contributed by atoms with Crippen LogP contribution < -0.4 is 0 Å². The highest BCUT2D eigenvalue weighted by Gasteiger charge is 2.13. The van der Waals surface area contributed by atoms with Gasteiger partial charge in [-0.25, -0.2) is 9.78 Å². The van der Waals surface area contributed by atoms with E-state index in [-0.39, 0.29) is 11.5 Å². The minimum absolute atomic E-state index is 0.0565. The summed E-state index contributed by atoms with van der Waals surface area (Å²) >= 11 is 0.